The Morgan fingerprint density at radius 3 is 2.60 bits per heavy atom. The van der Waals surface area contributed by atoms with Crippen molar-refractivity contribution >= 4 is 11.9 Å². The molecule has 0 radical (unpaired) electrons. The van der Waals surface area contributed by atoms with Gasteiger partial charge in [0.05, 0.1) is 17.8 Å². The maximum atomic E-state index is 13.5. The molecule has 3 aromatic rings. The van der Waals surface area contributed by atoms with Gasteiger partial charge < -0.3 is 9.80 Å². The number of halogens is 1. The number of carbonyl (C=O) groups is 1. The van der Waals surface area contributed by atoms with Crippen molar-refractivity contribution in [3.8, 4) is 11.3 Å². The fourth-order valence-corrected chi connectivity index (χ4v) is 4.40. The summed E-state index contributed by atoms with van der Waals surface area (Å²) in [4.78, 5) is 38.1. The third-order valence-electron chi connectivity index (χ3n) is 5.92. The molecule has 2 saturated heterocycles. The molecule has 8 heteroatoms. The molecule has 0 N–H and O–H groups in total. The van der Waals surface area contributed by atoms with Crippen molar-refractivity contribution in [2.75, 3.05) is 18.0 Å². The molecule has 30 heavy (non-hydrogen) atoms. The maximum Gasteiger partial charge on any atom is 0.255 e. The van der Waals surface area contributed by atoms with Crippen LogP contribution in [-0.2, 0) is 7.05 Å². The number of fused-ring (bicyclic) bond motifs is 2. The SMILES string of the molecule is Cn1c(N2CC3C[C@H]2CN3C(=O)c2cccc(F)c2)nc(-c2ccncc2)cc1=O. The predicted octanol–water partition coefficient (Wildman–Crippen LogP) is 2.08. The zero-order chi connectivity index (χ0) is 20.8. The van der Waals surface area contributed by atoms with Crippen molar-refractivity contribution in [3.63, 3.8) is 0 Å². The van der Waals surface area contributed by atoms with E-state index in [0.29, 0.717) is 30.3 Å². The first-order valence-electron chi connectivity index (χ1n) is 9.83. The summed E-state index contributed by atoms with van der Waals surface area (Å²) in [6.45, 7) is 1.11. The predicted molar refractivity (Wildman–Crippen MR) is 110 cm³/mol. The van der Waals surface area contributed by atoms with Gasteiger partial charge in [-0.25, -0.2) is 9.37 Å². The number of benzene rings is 1. The summed E-state index contributed by atoms with van der Waals surface area (Å²) in [5.74, 6) is 0.0210. The van der Waals surface area contributed by atoms with Crippen LogP contribution in [0.2, 0.25) is 0 Å². The summed E-state index contributed by atoms with van der Waals surface area (Å²) in [7, 11) is 1.71. The lowest BCUT2D eigenvalue weighted by Crippen LogP contribution is -2.50. The second kappa shape index (κ2) is 7.05. The summed E-state index contributed by atoms with van der Waals surface area (Å²) in [5.41, 5.74) is 1.66. The van der Waals surface area contributed by atoms with Gasteiger partial charge in [-0.05, 0) is 36.8 Å². The molecule has 2 aliphatic rings. The Balaban J connectivity index is 1.42. The number of piperazine rings is 1. The van der Waals surface area contributed by atoms with Crippen LogP contribution in [0.3, 0.4) is 0 Å². The Morgan fingerprint density at radius 2 is 1.90 bits per heavy atom. The minimum Gasteiger partial charge on any atom is -0.335 e. The van der Waals surface area contributed by atoms with E-state index in [-0.39, 0.29) is 23.6 Å². The third-order valence-corrected chi connectivity index (χ3v) is 5.92. The number of amides is 1. The van der Waals surface area contributed by atoms with E-state index in [1.54, 1.807) is 41.0 Å². The van der Waals surface area contributed by atoms with Gasteiger partial charge in [0.2, 0.25) is 5.95 Å². The van der Waals surface area contributed by atoms with Gasteiger partial charge in [-0.2, -0.15) is 0 Å². The number of carbonyl (C=O) groups excluding carboxylic acids is 1. The van der Waals surface area contributed by atoms with Crippen molar-refractivity contribution < 1.29 is 9.18 Å². The molecule has 1 unspecified atom stereocenters. The molecule has 2 fully saturated rings. The van der Waals surface area contributed by atoms with E-state index in [2.05, 4.69) is 9.88 Å². The molecule has 1 aromatic carbocycles. The molecule has 2 atom stereocenters. The number of rotatable bonds is 3. The fourth-order valence-electron chi connectivity index (χ4n) is 4.40. The highest BCUT2D eigenvalue weighted by atomic mass is 19.1. The molecule has 152 valence electrons. The lowest BCUT2D eigenvalue weighted by molar-refractivity contribution is 0.0724. The van der Waals surface area contributed by atoms with Gasteiger partial charge in [0.1, 0.15) is 5.82 Å². The third kappa shape index (κ3) is 3.04. The topological polar surface area (TPSA) is 71.3 Å². The number of hydrogen-bond acceptors (Lipinski definition) is 5. The average molecular weight is 405 g/mol. The van der Waals surface area contributed by atoms with Crippen LogP contribution in [0.25, 0.3) is 11.3 Å². The summed E-state index contributed by atoms with van der Waals surface area (Å²) in [6.07, 6.45) is 4.14. The van der Waals surface area contributed by atoms with Crippen LogP contribution in [0, 0.1) is 5.82 Å². The Kier molecular flexibility index (Phi) is 4.34. The minimum absolute atomic E-state index is 0.00671. The normalized spacial score (nSPS) is 20.1. The van der Waals surface area contributed by atoms with Crippen molar-refractivity contribution in [2.24, 2.45) is 7.05 Å². The maximum absolute atomic E-state index is 13.5. The number of pyridine rings is 1. The second-order valence-electron chi connectivity index (χ2n) is 7.74. The van der Waals surface area contributed by atoms with Crippen LogP contribution < -0.4 is 10.5 Å². The quantitative estimate of drug-likeness (QED) is 0.667. The Hall–Kier alpha value is -3.55. The van der Waals surface area contributed by atoms with Crippen molar-refractivity contribution in [1.82, 2.24) is 19.4 Å². The smallest absolute Gasteiger partial charge is 0.255 e. The number of aromatic nitrogens is 3. The van der Waals surface area contributed by atoms with E-state index in [1.165, 1.54) is 18.2 Å². The molecule has 7 nitrogen and oxygen atoms in total. The molecule has 0 spiro atoms. The summed E-state index contributed by atoms with van der Waals surface area (Å²) in [5, 5.41) is 0. The first-order chi connectivity index (χ1) is 14.5. The van der Waals surface area contributed by atoms with Crippen molar-refractivity contribution in [1.29, 1.82) is 0 Å². The fraction of sp³-hybridized carbons (Fsp3) is 0.273. The van der Waals surface area contributed by atoms with Crippen molar-refractivity contribution in [3.05, 3.63) is 76.6 Å². The van der Waals surface area contributed by atoms with E-state index in [1.807, 2.05) is 12.1 Å². The number of hydrogen-bond donors (Lipinski definition) is 0. The van der Waals surface area contributed by atoms with Gasteiger partial charge in [-0.3, -0.25) is 19.1 Å². The summed E-state index contributed by atoms with van der Waals surface area (Å²) in [6, 6.07) is 11.0. The number of likely N-dealkylation sites (tertiary alicyclic amines) is 1. The molecule has 2 bridgehead atoms. The number of anilines is 1. The zero-order valence-corrected chi connectivity index (χ0v) is 16.4. The van der Waals surface area contributed by atoms with Crippen LogP contribution >= 0.6 is 0 Å². The molecular weight excluding hydrogens is 385 g/mol. The zero-order valence-electron chi connectivity index (χ0n) is 16.4. The van der Waals surface area contributed by atoms with Crippen LogP contribution in [-0.4, -0.2) is 50.5 Å². The standard InChI is InChI=1S/C22H20FN5O2/c1-26-20(29)11-19(14-5-7-24-8-6-14)25-22(26)28-13-17-10-18(28)12-27(17)21(30)15-3-2-4-16(23)9-15/h2-9,11,17-18H,10,12-13H2,1H3/t17?,18-/m0/s1. The van der Waals surface area contributed by atoms with E-state index in [4.69, 9.17) is 4.98 Å². The van der Waals surface area contributed by atoms with Gasteiger partial charge in [0, 0.05) is 49.7 Å². The lowest BCUT2D eigenvalue weighted by atomic mass is 10.1. The molecule has 1 amide bonds. The van der Waals surface area contributed by atoms with Crippen molar-refractivity contribution in [2.45, 2.75) is 18.5 Å². The van der Waals surface area contributed by atoms with E-state index < -0.39 is 5.82 Å². The Morgan fingerprint density at radius 1 is 1.10 bits per heavy atom. The summed E-state index contributed by atoms with van der Waals surface area (Å²) < 4.78 is 15.1. The van der Waals surface area contributed by atoms with E-state index in [9.17, 15) is 14.0 Å². The monoisotopic (exact) mass is 405 g/mol. The van der Waals surface area contributed by atoms with Crippen LogP contribution in [0.1, 0.15) is 16.8 Å². The highest BCUT2D eigenvalue weighted by molar-refractivity contribution is 5.95. The first kappa shape index (κ1) is 18.5. The molecule has 4 heterocycles. The Labute approximate surface area is 172 Å². The van der Waals surface area contributed by atoms with Crippen LogP contribution in [0.15, 0.2) is 59.7 Å². The minimum atomic E-state index is -0.418. The van der Waals surface area contributed by atoms with Gasteiger partial charge in [0.15, 0.2) is 0 Å². The highest BCUT2D eigenvalue weighted by Crippen LogP contribution is 2.34. The molecule has 5 rings (SSSR count). The highest BCUT2D eigenvalue weighted by Gasteiger charge is 2.46. The van der Waals surface area contributed by atoms with Gasteiger partial charge >= 0.3 is 0 Å². The van der Waals surface area contributed by atoms with Crippen LogP contribution in [0.5, 0.6) is 0 Å². The number of nitrogens with zero attached hydrogens (tertiary/aromatic N) is 5. The largest absolute Gasteiger partial charge is 0.335 e. The molecule has 0 aliphatic carbocycles. The van der Waals surface area contributed by atoms with Gasteiger partial charge in [0.25, 0.3) is 11.5 Å². The first-order valence-corrected chi connectivity index (χ1v) is 9.83. The molecule has 2 aromatic heterocycles. The van der Waals surface area contributed by atoms with Gasteiger partial charge in [-0.1, -0.05) is 6.07 Å². The molecular formula is C22H20FN5O2. The molecule has 0 saturated carbocycles. The lowest BCUT2D eigenvalue weighted by Gasteiger charge is -2.35. The molecule has 2 aliphatic heterocycles. The second-order valence-corrected chi connectivity index (χ2v) is 7.74. The van der Waals surface area contributed by atoms with Crippen LogP contribution in [0.4, 0.5) is 10.3 Å². The van der Waals surface area contributed by atoms with E-state index in [0.717, 1.165) is 12.0 Å². The summed E-state index contributed by atoms with van der Waals surface area (Å²) >= 11 is 0. The van der Waals surface area contributed by atoms with E-state index >= 15 is 0 Å². The average Bonchev–Trinajstić information content (AvgIpc) is 3.36. The Bertz CT molecular complexity index is 1180. The van der Waals surface area contributed by atoms with Gasteiger partial charge in [-0.15, -0.1) is 0 Å².